The molecule has 0 aromatic heterocycles. The molecule has 260 valence electrons. The van der Waals surface area contributed by atoms with Gasteiger partial charge in [-0.1, -0.05) is 30.3 Å². The van der Waals surface area contributed by atoms with Crippen molar-refractivity contribution in [3.05, 3.63) is 58.7 Å². The first-order valence-corrected chi connectivity index (χ1v) is 16.5. The van der Waals surface area contributed by atoms with Crippen LogP contribution in [-0.2, 0) is 35.7 Å². The fraction of sp³-hybridized carbons (Fsp3) is 0.500. The molecule has 14 nitrogen and oxygen atoms in total. The van der Waals surface area contributed by atoms with Crippen LogP contribution in [0.15, 0.2) is 46.3 Å². The van der Waals surface area contributed by atoms with Crippen LogP contribution in [0.5, 0.6) is 5.75 Å². The number of sulfonamides is 1. The van der Waals surface area contributed by atoms with E-state index in [9.17, 15) is 22.8 Å². The molecule has 0 aliphatic carbocycles. The number of ether oxygens (including phenoxy) is 3. The number of carbonyl (C=O) groups is 3. The first-order valence-electron chi connectivity index (χ1n) is 15.0. The lowest BCUT2D eigenvalue weighted by Crippen LogP contribution is -2.62. The van der Waals surface area contributed by atoms with E-state index in [4.69, 9.17) is 25.7 Å². The van der Waals surface area contributed by atoms with Gasteiger partial charge in [0.25, 0.3) is 15.9 Å². The zero-order chi connectivity index (χ0) is 35.6. The normalized spacial score (nSPS) is 13.3. The predicted molar refractivity (Wildman–Crippen MR) is 178 cm³/mol. The van der Waals surface area contributed by atoms with Crippen molar-refractivity contribution in [2.24, 2.45) is 16.5 Å². The monoisotopic (exact) mass is 676 g/mol. The van der Waals surface area contributed by atoms with Crippen LogP contribution in [-0.4, -0.2) is 82.2 Å². The first kappa shape index (κ1) is 38.8. The summed E-state index contributed by atoms with van der Waals surface area (Å²) in [5.41, 5.74) is 11.8. The Morgan fingerprint density at radius 1 is 1.04 bits per heavy atom. The summed E-state index contributed by atoms with van der Waals surface area (Å²) < 4.78 is 44.6. The number of benzene rings is 2. The van der Waals surface area contributed by atoms with Crippen LogP contribution in [0.25, 0.3) is 0 Å². The van der Waals surface area contributed by atoms with Gasteiger partial charge in [0.1, 0.15) is 18.0 Å². The van der Waals surface area contributed by atoms with Gasteiger partial charge < -0.3 is 35.9 Å². The lowest BCUT2D eigenvalue weighted by atomic mass is 9.92. The van der Waals surface area contributed by atoms with Gasteiger partial charge in [-0.2, -0.15) is 0 Å². The second-order valence-corrected chi connectivity index (χ2v) is 13.8. The van der Waals surface area contributed by atoms with E-state index in [1.165, 1.54) is 19.1 Å². The van der Waals surface area contributed by atoms with E-state index in [1.54, 1.807) is 47.6 Å². The molecule has 1 atom stereocenters. The summed E-state index contributed by atoms with van der Waals surface area (Å²) >= 11 is 0. The summed E-state index contributed by atoms with van der Waals surface area (Å²) in [6.45, 7) is 10.1. The zero-order valence-corrected chi connectivity index (χ0v) is 29.2. The molecular weight excluding hydrogens is 628 g/mol. The highest BCUT2D eigenvalue weighted by molar-refractivity contribution is 7.90. The number of carbonyl (C=O) groups excluding carboxylic acids is 3. The Balaban J connectivity index is 2.06. The van der Waals surface area contributed by atoms with E-state index < -0.39 is 39.1 Å². The largest absolute Gasteiger partial charge is 0.496 e. The van der Waals surface area contributed by atoms with E-state index in [1.807, 2.05) is 30.3 Å². The number of aliphatic imine (C=N–C) groups is 1. The minimum absolute atomic E-state index is 0.0254. The van der Waals surface area contributed by atoms with E-state index in [0.29, 0.717) is 22.4 Å². The number of methoxy groups -OCH3 is 1. The number of hydrogen-bond donors (Lipinski definition) is 4. The van der Waals surface area contributed by atoms with Crippen molar-refractivity contribution in [3.63, 3.8) is 0 Å². The van der Waals surface area contributed by atoms with Crippen molar-refractivity contribution in [2.45, 2.75) is 77.0 Å². The number of amides is 2. The molecule has 0 heterocycles. The number of nitrogens with one attached hydrogen (secondary N) is 2. The maximum Gasteiger partial charge on any atom is 0.407 e. The third-order valence-electron chi connectivity index (χ3n) is 7.14. The van der Waals surface area contributed by atoms with Gasteiger partial charge in [0.2, 0.25) is 5.96 Å². The molecule has 2 amide bonds. The lowest BCUT2D eigenvalue weighted by molar-refractivity contribution is -0.167. The van der Waals surface area contributed by atoms with Gasteiger partial charge >= 0.3 is 12.1 Å². The van der Waals surface area contributed by atoms with Gasteiger partial charge in [-0.25, -0.2) is 22.7 Å². The van der Waals surface area contributed by atoms with Gasteiger partial charge in [0.15, 0.2) is 5.54 Å². The van der Waals surface area contributed by atoms with E-state index in [2.05, 4.69) is 15.0 Å². The van der Waals surface area contributed by atoms with Crippen LogP contribution in [0.1, 0.15) is 55.9 Å². The topological polar surface area (TPSA) is 205 Å². The standard InChI is InChI=1S/C32H48N6O8S/c1-21-19-25(44-8)22(2)23(3)26(21)47(42,43)37-29(33)35-16-12-15-32(34,28(40)46-31(4,5)6)27(39)38(7)18-17-36-30(41)45-20-24-13-10-9-11-14-24/h9-11,13-14,19H,12,15-18,20,34H2,1-8H3,(H,36,41)(H3,33,35,37)/t32-/m1/s1. The van der Waals surface area contributed by atoms with Gasteiger partial charge in [0, 0.05) is 26.7 Å². The molecule has 15 heteroatoms. The highest BCUT2D eigenvalue weighted by atomic mass is 32.2. The number of alkyl carbamates (subject to hydrolysis) is 1. The van der Waals surface area contributed by atoms with Crippen LogP contribution < -0.4 is 26.2 Å². The quantitative estimate of drug-likeness (QED) is 0.0756. The summed E-state index contributed by atoms with van der Waals surface area (Å²) in [5.74, 6) is -1.47. The predicted octanol–water partition coefficient (Wildman–Crippen LogP) is 2.42. The summed E-state index contributed by atoms with van der Waals surface area (Å²) in [5, 5.41) is 2.56. The van der Waals surface area contributed by atoms with Crippen LogP contribution in [0.2, 0.25) is 0 Å². The fourth-order valence-electron chi connectivity index (χ4n) is 4.63. The second kappa shape index (κ2) is 16.5. The van der Waals surface area contributed by atoms with Crippen molar-refractivity contribution in [2.75, 3.05) is 33.8 Å². The van der Waals surface area contributed by atoms with E-state index in [-0.39, 0.29) is 49.9 Å². The molecule has 0 aliphatic rings. The average Bonchev–Trinajstić information content (AvgIpc) is 2.98. The Labute approximate surface area is 277 Å². The van der Waals surface area contributed by atoms with E-state index >= 15 is 0 Å². The lowest BCUT2D eigenvalue weighted by Gasteiger charge is -2.33. The average molecular weight is 677 g/mol. The summed E-state index contributed by atoms with van der Waals surface area (Å²) in [7, 11) is -1.13. The summed E-state index contributed by atoms with van der Waals surface area (Å²) in [4.78, 5) is 44.1. The number of hydrogen-bond acceptors (Lipinski definition) is 10. The number of nitrogens with zero attached hydrogens (tertiary/aromatic N) is 2. The van der Waals surface area contributed by atoms with Crippen LogP contribution >= 0.6 is 0 Å². The van der Waals surface area contributed by atoms with Crippen molar-refractivity contribution in [1.29, 1.82) is 0 Å². The SMILES string of the molecule is COc1cc(C)c(S(=O)(=O)NC(N)=NCCC[C@](N)(C(=O)OC(C)(C)C)C(=O)N(C)CCNC(=O)OCc2ccccc2)c(C)c1C. The van der Waals surface area contributed by atoms with Crippen LogP contribution in [0.4, 0.5) is 4.79 Å². The molecule has 0 saturated heterocycles. The van der Waals surface area contributed by atoms with Crippen molar-refractivity contribution >= 4 is 34.0 Å². The molecule has 47 heavy (non-hydrogen) atoms. The molecule has 0 spiro atoms. The van der Waals surface area contributed by atoms with Crippen molar-refractivity contribution < 1.29 is 37.0 Å². The second-order valence-electron chi connectivity index (χ2n) is 12.1. The van der Waals surface area contributed by atoms with E-state index in [0.717, 1.165) is 5.56 Å². The Kier molecular flexibility index (Phi) is 13.6. The molecule has 0 aliphatic heterocycles. The molecule has 0 radical (unpaired) electrons. The number of likely N-dealkylation sites (N-methyl/N-ethyl adjacent to an activating group) is 1. The van der Waals surface area contributed by atoms with Crippen molar-refractivity contribution in [3.8, 4) is 5.75 Å². The third-order valence-corrected chi connectivity index (χ3v) is 8.78. The van der Waals surface area contributed by atoms with Crippen LogP contribution in [0, 0.1) is 20.8 Å². The molecule has 0 bridgehead atoms. The molecule has 2 aromatic rings. The minimum Gasteiger partial charge on any atom is -0.496 e. The summed E-state index contributed by atoms with van der Waals surface area (Å²) in [6.07, 6.45) is -0.766. The maximum absolute atomic E-state index is 13.5. The highest BCUT2D eigenvalue weighted by Crippen LogP contribution is 2.30. The summed E-state index contributed by atoms with van der Waals surface area (Å²) in [6, 6.07) is 10.8. The molecule has 2 rings (SSSR count). The Morgan fingerprint density at radius 3 is 2.28 bits per heavy atom. The smallest absolute Gasteiger partial charge is 0.407 e. The Morgan fingerprint density at radius 2 is 1.68 bits per heavy atom. The Hall–Kier alpha value is -4.37. The molecule has 6 N–H and O–H groups in total. The maximum atomic E-state index is 13.5. The van der Waals surface area contributed by atoms with Crippen LogP contribution in [0.3, 0.4) is 0 Å². The fourth-order valence-corrected chi connectivity index (χ4v) is 6.11. The number of nitrogens with two attached hydrogens (primary N) is 2. The van der Waals surface area contributed by atoms with Gasteiger partial charge in [-0.3, -0.25) is 9.79 Å². The Bertz CT molecular complexity index is 1560. The zero-order valence-electron chi connectivity index (χ0n) is 28.4. The number of guanidine groups is 1. The van der Waals surface area contributed by atoms with Gasteiger partial charge in [0.05, 0.1) is 12.0 Å². The number of esters is 1. The van der Waals surface area contributed by atoms with Crippen molar-refractivity contribution in [1.82, 2.24) is 14.9 Å². The third kappa shape index (κ3) is 11.1. The molecule has 0 unspecified atom stereocenters. The molecule has 0 fully saturated rings. The van der Waals surface area contributed by atoms with Gasteiger partial charge in [-0.05, 0) is 82.7 Å². The first-order chi connectivity index (χ1) is 21.8. The minimum atomic E-state index is -4.09. The molecular formula is C32H48N6O8S. The number of rotatable bonds is 14. The molecule has 2 aromatic carbocycles. The number of aryl methyl sites for hydroxylation is 1. The highest BCUT2D eigenvalue weighted by Gasteiger charge is 2.46. The van der Waals surface area contributed by atoms with Gasteiger partial charge in [-0.15, -0.1) is 0 Å². The molecule has 0 saturated carbocycles.